The molecule has 1 aromatic carbocycles. The van der Waals surface area contributed by atoms with Crippen LogP contribution in [0.4, 0.5) is 0 Å². The van der Waals surface area contributed by atoms with Gasteiger partial charge in [-0.25, -0.2) is 0 Å². The summed E-state index contributed by atoms with van der Waals surface area (Å²) in [5, 5.41) is 4.75. The SMILES string of the molecule is CCCN(CCC)C1CCc2c(SC/N=C/Cc3c4c(cc5c3CCC5)CCC4)cnn2C1. The molecule has 2 aliphatic carbocycles. The van der Waals surface area contributed by atoms with E-state index in [0.29, 0.717) is 6.04 Å². The molecule has 0 fully saturated rings. The van der Waals surface area contributed by atoms with Crippen LogP contribution in [0.3, 0.4) is 0 Å². The topological polar surface area (TPSA) is 33.4 Å². The molecule has 0 bridgehead atoms. The van der Waals surface area contributed by atoms with Crippen LogP contribution in [0.25, 0.3) is 0 Å². The minimum absolute atomic E-state index is 0.641. The molecule has 2 aromatic rings. The number of hydrogen-bond acceptors (Lipinski definition) is 4. The molecule has 1 aliphatic heterocycles. The van der Waals surface area contributed by atoms with Crippen molar-refractivity contribution in [2.45, 2.75) is 102 Å². The van der Waals surface area contributed by atoms with E-state index < -0.39 is 0 Å². The van der Waals surface area contributed by atoms with Gasteiger partial charge in [-0.15, -0.1) is 0 Å². The van der Waals surface area contributed by atoms with Gasteiger partial charge in [-0.05, 0) is 105 Å². The first kappa shape index (κ1) is 23.2. The molecule has 0 saturated heterocycles. The molecular formula is C28H40N4S. The fraction of sp³-hybridized carbons (Fsp3) is 0.643. The van der Waals surface area contributed by atoms with Crippen LogP contribution in [0.15, 0.2) is 22.2 Å². The number of aromatic nitrogens is 2. The molecule has 0 saturated carbocycles. The third kappa shape index (κ3) is 4.95. The number of thioether (sulfide) groups is 1. The fourth-order valence-electron chi connectivity index (χ4n) is 6.36. The van der Waals surface area contributed by atoms with Crippen molar-refractivity contribution in [3.05, 3.63) is 45.8 Å². The van der Waals surface area contributed by atoms with Crippen molar-refractivity contribution in [2.24, 2.45) is 4.99 Å². The van der Waals surface area contributed by atoms with E-state index in [1.54, 1.807) is 27.8 Å². The summed E-state index contributed by atoms with van der Waals surface area (Å²) in [5.41, 5.74) is 9.65. The summed E-state index contributed by atoms with van der Waals surface area (Å²) in [5.74, 6) is 0.803. The molecule has 178 valence electrons. The van der Waals surface area contributed by atoms with Crippen molar-refractivity contribution in [1.82, 2.24) is 14.7 Å². The normalized spacial score (nSPS) is 19.4. The lowest BCUT2D eigenvalue weighted by atomic mass is 9.92. The predicted octanol–water partition coefficient (Wildman–Crippen LogP) is 5.66. The van der Waals surface area contributed by atoms with Gasteiger partial charge < -0.3 is 0 Å². The Morgan fingerprint density at radius 1 is 1.06 bits per heavy atom. The number of benzene rings is 1. The first-order chi connectivity index (χ1) is 16.3. The van der Waals surface area contributed by atoms with Crippen LogP contribution in [-0.4, -0.2) is 45.9 Å². The van der Waals surface area contributed by atoms with Crippen molar-refractivity contribution in [3.63, 3.8) is 0 Å². The first-order valence-electron chi connectivity index (χ1n) is 13.3. The Balaban J connectivity index is 1.18. The molecule has 1 unspecified atom stereocenters. The van der Waals surface area contributed by atoms with Gasteiger partial charge >= 0.3 is 0 Å². The monoisotopic (exact) mass is 464 g/mol. The van der Waals surface area contributed by atoms with Gasteiger partial charge in [-0.1, -0.05) is 31.7 Å². The van der Waals surface area contributed by atoms with E-state index in [1.165, 1.54) is 81.5 Å². The quantitative estimate of drug-likeness (QED) is 0.336. The third-order valence-electron chi connectivity index (χ3n) is 7.86. The summed E-state index contributed by atoms with van der Waals surface area (Å²) in [4.78, 5) is 8.84. The Hall–Kier alpha value is -1.59. The van der Waals surface area contributed by atoms with Crippen LogP contribution in [0.1, 0.15) is 79.5 Å². The van der Waals surface area contributed by atoms with E-state index in [-0.39, 0.29) is 0 Å². The second kappa shape index (κ2) is 10.8. The highest BCUT2D eigenvalue weighted by Gasteiger charge is 2.26. The fourth-order valence-corrected chi connectivity index (χ4v) is 7.18. The van der Waals surface area contributed by atoms with Crippen LogP contribution >= 0.6 is 11.8 Å². The first-order valence-corrected chi connectivity index (χ1v) is 14.3. The van der Waals surface area contributed by atoms with Gasteiger partial charge in [0.15, 0.2) is 0 Å². The second-order valence-electron chi connectivity index (χ2n) is 10.0. The standard InChI is InChI=1S/C28H40N4S/c1-3-15-31(16-4-2)23-11-12-27-28(18-30-32(27)19-23)33-20-29-14-13-26-24-9-5-7-21(24)17-22-8-6-10-25(22)26/h14,17-18,23H,3-13,15-16,19-20H2,1-2H3/b29-14+. The highest BCUT2D eigenvalue weighted by molar-refractivity contribution is 7.99. The Labute approximate surface area is 204 Å². The van der Waals surface area contributed by atoms with Crippen molar-refractivity contribution in [3.8, 4) is 0 Å². The van der Waals surface area contributed by atoms with Gasteiger partial charge in [-0.2, -0.15) is 5.10 Å². The molecule has 0 amide bonds. The van der Waals surface area contributed by atoms with Crippen molar-refractivity contribution < 1.29 is 0 Å². The van der Waals surface area contributed by atoms with Crippen LogP contribution in [0.5, 0.6) is 0 Å². The molecule has 1 atom stereocenters. The van der Waals surface area contributed by atoms with Gasteiger partial charge in [0.1, 0.15) is 0 Å². The molecule has 33 heavy (non-hydrogen) atoms. The van der Waals surface area contributed by atoms with E-state index in [2.05, 4.69) is 41.9 Å². The lowest BCUT2D eigenvalue weighted by Gasteiger charge is -2.34. The number of rotatable bonds is 10. The molecule has 4 nitrogen and oxygen atoms in total. The van der Waals surface area contributed by atoms with Crippen LogP contribution in [0.2, 0.25) is 0 Å². The van der Waals surface area contributed by atoms with E-state index >= 15 is 0 Å². The van der Waals surface area contributed by atoms with Crippen molar-refractivity contribution in [1.29, 1.82) is 0 Å². The van der Waals surface area contributed by atoms with Crippen molar-refractivity contribution >= 4 is 18.0 Å². The van der Waals surface area contributed by atoms with Crippen LogP contribution < -0.4 is 0 Å². The lowest BCUT2D eigenvalue weighted by Crippen LogP contribution is -2.42. The summed E-state index contributed by atoms with van der Waals surface area (Å²) in [6.07, 6.45) is 17.9. The van der Waals surface area contributed by atoms with Gasteiger partial charge in [0.25, 0.3) is 0 Å². The number of aryl methyl sites for hydroxylation is 2. The largest absolute Gasteiger partial charge is 0.299 e. The molecule has 0 spiro atoms. The maximum atomic E-state index is 4.83. The van der Waals surface area contributed by atoms with Crippen molar-refractivity contribution in [2.75, 3.05) is 19.0 Å². The molecule has 0 N–H and O–H groups in total. The Morgan fingerprint density at radius 3 is 2.48 bits per heavy atom. The Kier molecular flexibility index (Phi) is 7.56. The second-order valence-corrected chi connectivity index (χ2v) is 11.0. The third-order valence-corrected chi connectivity index (χ3v) is 8.79. The van der Waals surface area contributed by atoms with E-state index in [4.69, 9.17) is 10.1 Å². The van der Waals surface area contributed by atoms with E-state index in [1.807, 2.05) is 11.8 Å². The Morgan fingerprint density at radius 2 is 1.79 bits per heavy atom. The van der Waals surface area contributed by atoms with Gasteiger partial charge in [0.2, 0.25) is 0 Å². The summed E-state index contributed by atoms with van der Waals surface area (Å²) in [6.45, 7) is 8.04. The summed E-state index contributed by atoms with van der Waals surface area (Å²) in [6, 6.07) is 3.17. The average molecular weight is 465 g/mol. The highest BCUT2D eigenvalue weighted by atomic mass is 32.2. The molecule has 3 aliphatic rings. The number of nitrogens with zero attached hydrogens (tertiary/aromatic N) is 4. The molecule has 1 aromatic heterocycles. The summed E-state index contributed by atoms with van der Waals surface area (Å²) < 4.78 is 2.27. The number of aliphatic imine (C=N–C) groups is 1. The zero-order valence-corrected chi connectivity index (χ0v) is 21.4. The number of hydrogen-bond donors (Lipinski definition) is 0. The maximum absolute atomic E-state index is 4.83. The molecule has 2 heterocycles. The van der Waals surface area contributed by atoms with Crippen LogP contribution in [0, 0.1) is 0 Å². The molecular weight excluding hydrogens is 424 g/mol. The Bertz CT molecular complexity index is 954. The minimum Gasteiger partial charge on any atom is -0.299 e. The lowest BCUT2D eigenvalue weighted by molar-refractivity contribution is 0.151. The van der Waals surface area contributed by atoms with Gasteiger partial charge in [0.05, 0.1) is 29.2 Å². The molecule has 5 heteroatoms. The highest BCUT2D eigenvalue weighted by Crippen LogP contribution is 2.35. The van der Waals surface area contributed by atoms with Crippen LogP contribution in [-0.2, 0) is 45.1 Å². The smallest absolute Gasteiger partial charge is 0.0887 e. The average Bonchev–Trinajstić information content (AvgIpc) is 3.57. The van der Waals surface area contributed by atoms with E-state index in [0.717, 1.165) is 25.3 Å². The van der Waals surface area contributed by atoms with Gasteiger partial charge in [-0.3, -0.25) is 14.6 Å². The van der Waals surface area contributed by atoms with Gasteiger partial charge in [0, 0.05) is 18.7 Å². The zero-order chi connectivity index (χ0) is 22.6. The zero-order valence-electron chi connectivity index (χ0n) is 20.6. The minimum atomic E-state index is 0.641. The maximum Gasteiger partial charge on any atom is 0.0887 e. The summed E-state index contributed by atoms with van der Waals surface area (Å²) in [7, 11) is 0. The summed E-state index contributed by atoms with van der Waals surface area (Å²) >= 11 is 1.86. The van der Waals surface area contributed by atoms with E-state index in [9.17, 15) is 0 Å². The number of fused-ring (bicyclic) bond motifs is 3. The predicted molar refractivity (Wildman–Crippen MR) is 140 cm³/mol. The molecule has 0 radical (unpaired) electrons. The molecule has 5 rings (SSSR count).